The summed E-state index contributed by atoms with van der Waals surface area (Å²) in [6, 6.07) is 1.42. The third kappa shape index (κ3) is 177. The second-order valence-electron chi connectivity index (χ2n) is 29.9. The first kappa shape index (κ1) is 159. The predicted octanol–water partition coefficient (Wildman–Crippen LogP) is 5.95. The van der Waals surface area contributed by atoms with Crippen molar-refractivity contribution in [2.24, 2.45) is 5.92 Å². The number of hydrogen-bond donors (Lipinski definition) is 23. The number of urea groups is 5. The fourth-order valence-corrected chi connectivity index (χ4v) is 8.85. The molecule has 23 N–H and O–H groups in total. The highest BCUT2D eigenvalue weighted by Crippen LogP contribution is 1.98. The zero-order valence-corrected chi connectivity index (χ0v) is 93.5. The molecule has 0 aliphatic carbocycles. The smallest absolute Gasteiger partial charge is 0.407 e. The van der Waals surface area contributed by atoms with Gasteiger partial charge in [-0.25, -0.2) is 74.0 Å². The number of nitrogens with one attached hydrogen (secondary N) is 23. The highest BCUT2D eigenvalue weighted by molar-refractivity contribution is 7.98. The van der Waals surface area contributed by atoms with E-state index < -0.39 is 58.8 Å². The minimum absolute atomic E-state index is 0.00463. The Bertz CT molecular complexity index is 2720. The van der Waals surface area contributed by atoms with Gasteiger partial charge in [0.1, 0.15) is 0 Å². The largest absolute Gasteiger partial charge is 0.453 e. The summed E-state index contributed by atoms with van der Waals surface area (Å²) in [5.74, 6) is 1.29. The van der Waals surface area contributed by atoms with Crippen molar-refractivity contribution in [3.05, 3.63) is 0 Å². The van der Waals surface area contributed by atoms with E-state index in [2.05, 4.69) is 150 Å². The number of sulfonamides is 1. The summed E-state index contributed by atoms with van der Waals surface area (Å²) in [6.07, 6.45) is 1.27. The Morgan fingerprint density at radius 2 is 0.773 bits per heavy atom. The van der Waals surface area contributed by atoms with Gasteiger partial charge < -0.3 is 98.9 Å². The molecule has 0 aliphatic rings. The fourth-order valence-electron chi connectivity index (χ4n) is 5.21. The van der Waals surface area contributed by atoms with Crippen LogP contribution in [0.25, 0.3) is 0 Å². The molecule has 2 unspecified atom stereocenters. The number of alkyl carbamates (subject to hydrolysis) is 2. The van der Waals surface area contributed by atoms with Crippen molar-refractivity contribution >= 4 is 130 Å². The number of amides is 13. The Balaban J connectivity index is -0.0000000751. The summed E-state index contributed by atoms with van der Waals surface area (Å²) < 4.78 is 120. The molecule has 0 fully saturated rings. The molecule has 0 radical (unpaired) electrons. The van der Waals surface area contributed by atoms with Crippen LogP contribution in [0.1, 0.15) is 228 Å². The van der Waals surface area contributed by atoms with Gasteiger partial charge in [-0.2, -0.15) is 26.3 Å². The molecule has 0 aliphatic heterocycles. The summed E-state index contributed by atoms with van der Waals surface area (Å²) >= 11 is 5.14. The molecule has 51 heteroatoms. The molecular formula is C77H192N24O20S7. The molecule has 44 nitrogen and oxygen atoms in total. The van der Waals surface area contributed by atoms with Crippen molar-refractivity contribution in [2.75, 3.05) is 131 Å². The molecule has 128 heavy (non-hydrogen) atoms. The molecule has 2 atom stereocenters. The summed E-state index contributed by atoms with van der Waals surface area (Å²) in [4.78, 5) is 86.1. The highest BCUT2D eigenvalue weighted by atomic mass is 32.2. The lowest BCUT2D eigenvalue weighted by Crippen LogP contribution is -2.43. The topological polar surface area (TPSA) is 590 Å². The fraction of sp³-hybridized carbons (Fsp3) is 0.883. The van der Waals surface area contributed by atoms with Crippen molar-refractivity contribution in [3.63, 3.8) is 0 Å². The molecule has 0 saturated heterocycles. The van der Waals surface area contributed by atoms with Crippen LogP contribution in [0, 0.1) is 5.92 Å². The lowest BCUT2D eigenvalue weighted by molar-refractivity contribution is -0.124. The standard InChI is InChI=1S/C8H18N2O.2C7H16N2O.C7H15NO2.C7H15NO.C6H16N2O2S.C6H15NO2S.C6H15NOS.C4H10N2O.C3H8N2O.C3H8N2S.C3H7NO2.C3H9NO.C3H9NS.C2H8N2O2S.C2H7NO2S/c1-6(2)9-8(11)10(5)7(3)4;2*1-5(2)8-7(10)9-6(3)4;1-5(2)8-7(9)10-6(3)4;1-5(2)7(9)8-6(3)4;1-5(2)7-11(9,10)8-6(3)4;1-5(2)7-10(8,9)6(3)4;1-5(2)7-9(8)6(3)4;1-3-6-4(7)5-2;2*1-4-3(6)5-2;1-4-3(5)6-2;2*1-4-3-5-2;1-3-7(5,6)4-2;1-3-6(4)5-2/h6-7H,1-5H3,(H,9,11);2*5-6H,1-4H3,(H2,8,9,10);5-6H,1-4H3,(H,8,9);5-6H,1-4H3,(H,8,9);5-8H,1-4H3;5-7H,1-4H3;5-7H,1-4H3;3H2,1-2H3,(H2,5,6,7);2*1-2H3,(H2,4,5,6);1-2H3,(H,4,5);2*4H,3H2,1-2H3;3-4H,1-2H3;3H,1-2H3. The number of rotatable bonds is 29. The molecule has 0 rings (SSSR count). The number of nitrogens with zero attached hydrogens (tertiary/aromatic N) is 1. The Kier molecular flexibility index (Phi) is 134. The van der Waals surface area contributed by atoms with Gasteiger partial charge in [-0.3, -0.25) is 14.3 Å². The minimum atomic E-state index is -3.28. The van der Waals surface area contributed by atoms with Gasteiger partial charge in [0.15, 0.2) is 5.11 Å². The molecule has 782 valence electrons. The molecule has 0 aromatic rings. The lowest BCUT2D eigenvalue weighted by atomic mass is 10.2. The van der Waals surface area contributed by atoms with Crippen LogP contribution in [0.3, 0.4) is 0 Å². The Hall–Kier alpha value is -5.89. The number of carbonyl (C=O) groups excluding carboxylic acids is 8. The third-order valence-corrected chi connectivity index (χ3v) is 18.6. The van der Waals surface area contributed by atoms with Crippen molar-refractivity contribution in [2.45, 2.75) is 318 Å². The molecule has 0 heterocycles. The monoisotopic (exact) mass is 2000 g/mol. The maximum atomic E-state index is 11.2. The van der Waals surface area contributed by atoms with E-state index in [1.807, 2.05) is 187 Å². The summed E-state index contributed by atoms with van der Waals surface area (Å²) in [6.45, 7) is 63.5. The average Bonchev–Trinajstić information content (AvgIpc) is 0.897. The van der Waals surface area contributed by atoms with E-state index in [1.54, 1.807) is 128 Å². The number of carbonyl (C=O) groups is 8. The van der Waals surface area contributed by atoms with E-state index in [4.69, 9.17) is 4.74 Å². The van der Waals surface area contributed by atoms with E-state index in [-0.39, 0.29) is 131 Å². The molecule has 0 saturated carbocycles. The van der Waals surface area contributed by atoms with Gasteiger partial charge in [-0.15, -0.1) is 11.8 Å². The van der Waals surface area contributed by atoms with Gasteiger partial charge in [0, 0.05) is 167 Å². The second kappa shape index (κ2) is 108. The zero-order valence-electron chi connectivity index (χ0n) is 87.8. The number of thioether (sulfide) groups is 1. The average molecular weight is 2000 g/mol. The number of ether oxygens (including phenoxy) is 3. The first-order chi connectivity index (χ1) is 58.3. The van der Waals surface area contributed by atoms with Gasteiger partial charge in [0.2, 0.25) is 27.2 Å². The summed E-state index contributed by atoms with van der Waals surface area (Å²) in [7, 11) is 13.6. The van der Waals surface area contributed by atoms with E-state index in [9.17, 15) is 72.0 Å². The minimum Gasteiger partial charge on any atom is -0.453 e. The molecule has 0 aromatic heterocycles. The van der Waals surface area contributed by atoms with E-state index >= 15 is 0 Å². The van der Waals surface area contributed by atoms with Crippen LogP contribution in [0.4, 0.5) is 33.6 Å². The maximum Gasteiger partial charge on any atom is 0.407 e. The summed E-state index contributed by atoms with van der Waals surface area (Å²) in [5.41, 5.74) is 0. The quantitative estimate of drug-likeness (QED) is 0.0304. The normalized spacial score (nSPS) is 10.6. The molecule has 0 spiro atoms. The second-order valence-corrected chi connectivity index (χ2v) is 39.7. The van der Waals surface area contributed by atoms with Crippen LogP contribution >= 0.6 is 24.0 Å². The van der Waals surface area contributed by atoms with E-state index in [0.29, 0.717) is 24.4 Å². The Labute approximate surface area is 793 Å². The number of methoxy groups -OCH3 is 2. The van der Waals surface area contributed by atoms with Gasteiger partial charge in [0.05, 0.1) is 43.3 Å². The van der Waals surface area contributed by atoms with Gasteiger partial charge >= 0.3 is 42.3 Å². The van der Waals surface area contributed by atoms with E-state index in [1.165, 1.54) is 35.4 Å². The molecule has 0 bridgehead atoms. The van der Waals surface area contributed by atoms with Crippen molar-refractivity contribution in [1.82, 2.24) is 123 Å². The van der Waals surface area contributed by atoms with Crippen LogP contribution < -0.4 is 118 Å². The maximum absolute atomic E-state index is 11.2. The van der Waals surface area contributed by atoms with Crippen LogP contribution in [0.2, 0.25) is 0 Å². The summed E-state index contributed by atoms with van der Waals surface area (Å²) in [5, 5.41) is 42.9. The SMILES string of the molecule is CC(C)NC(=O)C(C)C.CC(C)NC(=O)N(C)C(C)C.CC(C)NC(=O)NC(C)C.CC(C)NC(=O)NC(C)C.CC(C)NC(=O)OC(C)C.CC(C)NS(=O)(=O)C(C)C.CC(C)NS(=O)(=O)NC(C)C.CC(C)NS(=O)C(C)C.CCNC(=O)NC.CNC(=O)NC.CNC(=O)OC.CNC(=S)NC.CNCOC.CNCSC.CNS(=O)(=O)NC.CNS(=O)OC. The lowest BCUT2D eigenvalue weighted by Gasteiger charge is -2.23. The van der Waals surface area contributed by atoms with Crippen LogP contribution in [-0.4, -0.2) is 312 Å². The number of hydrogen-bond acceptors (Lipinski definition) is 24. The first-order valence-electron chi connectivity index (χ1n) is 41.7. The molecular weight excluding hydrogens is 1810 g/mol. The third-order valence-electron chi connectivity index (χ3n) is 10.8. The van der Waals surface area contributed by atoms with Crippen LogP contribution in [-0.2, 0) is 75.9 Å². The highest BCUT2D eigenvalue weighted by Gasteiger charge is 2.17. The number of thiocarbonyl (C=S) groups is 1. The van der Waals surface area contributed by atoms with Crippen molar-refractivity contribution < 1.29 is 90.4 Å². The van der Waals surface area contributed by atoms with Crippen molar-refractivity contribution in [3.8, 4) is 0 Å². The van der Waals surface area contributed by atoms with Gasteiger partial charge in [0.25, 0.3) is 20.4 Å². The zero-order chi connectivity index (χ0) is 106. The Morgan fingerprint density at radius 1 is 0.422 bits per heavy atom. The predicted molar refractivity (Wildman–Crippen MR) is 541 cm³/mol. The van der Waals surface area contributed by atoms with Crippen LogP contribution in [0.15, 0.2) is 0 Å². The van der Waals surface area contributed by atoms with Gasteiger partial charge in [-0.05, 0) is 254 Å². The first-order valence-corrected chi connectivity index (χ1v) is 50.3. The molecule has 0 aromatic carbocycles. The van der Waals surface area contributed by atoms with Crippen LogP contribution in [0.5, 0.6) is 0 Å². The molecule has 13 amide bonds. The van der Waals surface area contributed by atoms with Gasteiger partial charge in [-0.1, -0.05) is 13.8 Å². The van der Waals surface area contributed by atoms with Crippen molar-refractivity contribution in [1.29, 1.82) is 0 Å². The Morgan fingerprint density at radius 3 is 0.883 bits per heavy atom. The van der Waals surface area contributed by atoms with E-state index in [0.717, 1.165) is 5.88 Å².